The number of rotatable bonds is 2. The van der Waals surface area contributed by atoms with Crippen molar-refractivity contribution in [1.29, 1.82) is 0 Å². The van der Waals surface area contributed by atoms with E-state index in [4.69, 9.17) is 9.47 Å². The minimum atomic E-state index is -0.162. The Kier molecular flexibility index (Phi) is 3.36. The van der Waals surface area contributed by atoms with Crippen LogP contribution in [-0.4, -0.2) is 12.1 Å². The molecule has 1 aliphatic carbocycles. The highest BCUT2D eigenvalue weighted by atomic mass is 16.6. The molecule has 0 N–H and O–H groups in total. The van der Waals surface area contributed by atoms with E-state index in [1.807, 2.05) is 48.6 Å². The standard InChI is InChI=1S/C18H20O3/c1-18(2,3)16-14-11-13(9-10-15(14)21-17(16)19)20-12-7-5-4-6-8-12/h4-11,14-16H,1-3H3. The number of esters is 1. The van der Waals surface area contributed by atoms with Crippen molar-refractivity contribution >= 4 is 5.97 Å². The molecule has 110 valence electrons. The molecular formula is C18H20O3. The first kappa shape index (κ1) is 13.9. The van der Waals surface area contributed by atoms with Gasteiger partial charge in [0.15, 0.2) is 0 Å². The van der Waals surface area contributed by atoms with E-state index in [0.29, 0.717) is 0 Å². The molecule has 21 heavy (non-hydrogen) atoms. The zero-order chi connectivity index (χ0) is 15.0. The van der Waals surface area contributed by atoms with Gasteiger partial charge in [-0.1, -0.05) is 39.0 Å². The van der Waals surface area contributed by atoms with Crippen molar-refractivity contribution in [2.24, 2.45) is 17.3 Å². The summed E-state index contributed by atoms with van der Waals surface area (Å²) >= 11 is 0. The summed E-state index contributed by atoms with van der Waals surface area (Å²) in [6.45, 7) is 6.22. The van der Waals surface area contributed by atoms with Crippen molar-refractivity contribution in [3.05, 3.63) is 54.3 Å². The molecular weight excluding hydrogens is 264 g/mol. The molecule has 0 aromatic heterocycles. The van der Waals surface area contributed by atoms with Crippen LogP contribution >= 0.6 is 0 Å². The largest absolute Gasteiger partial charge is 0.458 e. The minimum Gasteiger partial charge on any atom is -0.458 e. The predicted molar refractivity (Wildman–Crippen MR) is 80.6 cm³/mol. The fourth-order valence-electron chi connectivity index (χ4n) is 3.05. The molecule has 1 saturated heterocycles. The molecule has 1 aromatic rings. The third-order valence-electron chi connectivity index (χ3n) is 3.99. The van der Waals surface area contributed by atoms with E-state index in [-0.39, 0.29) is 29.3 Å². The summed E-state index contributed by atoms with van der Waals surface area (Å²) in [5.74, 6) is 1.36. The molecule has 2 aliphatic rings. The fraction of sp³-hybridized carbons (Fsp3) is 0.389. The van der Waals surface area contributed by atoms with Gasteiger partial charge in [-0.25, -0.2) is 0 Å². The van der Waals surface area contributed by atoms with E-state index >= 15 is 0 Å². The quantitative estimate of drug-likeness (QED) is 0.776. The molecule has 0 bridgehead atoms. The first-order chi connectivity index (χ1) is 9.95. The number of carbonyl (C=O) groups is 1. The van der Waals surface area contributed by atoms with E-state index in [1.165, 1.54) is 0 Å². The summed E-state index contributed by atoms with van der Waals surface area (Å²) < 4.78 is 11.3. The van der Waals surface area contributed by atoms with Crippen LogP contribution in [0.1, 0.15) is 20.8 Å². The van der Waals surface area contributed by atoms with Crippen LogP contribution < -0.4 is 4.74 Å². The first-order valence-electron chi connectivity index (χ1n) is 7.28. The lowest BCUT2D eigenvalue weighted by atomic mass is 9.72. The number of hydrogen-bond acceptors (Lipinski definition) is 3. The van der Waals surface area contributed by atoms with Gasteiger partial charge in [-0.3, -0.25) is 4.79 Å². The Labute approximate surface area is 125 Å². The Morgan fingerprint density at radius 3 is 2.52 bits per heavy atom. The maximum absolute atomic E-state index is 12.1. The van der Waals surface area contributed by atoms with Crippen LogP contribution in [0.15, 0.2) is 54.3 Å². The Morgan fingerprint density at radius 2 is 1.86 bits per heavy atom. The zero-order valence-electron chi connectivity index (χ0n) is 12.6. The molecule has 3 atom stereocenters. The maximum Gasteiger partial charge on any atom is 0.310 e. The summed E-state index contributed by atoms with van der Waals surface area (Å²) in [7, 11) is 0. The molecule has 3 heteroatoms. The molecule has 0 saturated carbocycles. The van der Waals surface area contributed by atoms with Crippen LogP contribution in [0.2, 0.25) is 0 Å². The second kappa shape index (κ2) is 5.06. The Hall–Kier alpha value is -2.03. The topological polar surface area (TPSA) is 35.5 Å². The van der Waals surface area contributed by atoms with Gasteiger partial charge in [0, 0.05) is 5.92 Å². The number of fused-ring (bicyclic) bond motifs is 1. The highest BCUT2D eigenvalue weighted by Gasteiger charge is 2.49. The molecule has 0 amide bonds. The average Bonchev–Trinajstić information content (AvgIpc) is 2.75. The molecule has 1 heterocycles. The summed E-state index contributed by atoms with van der Waals surface area (Å²) in [6, 6.07) is 9.65. The predicted octanol–water partition coefficient (Wildman–Crippen LogP) is 3.72. The maximum atomic E-state index is 12.1. The molecule has 3 nitrogen and oxygen atoms in total. The van der Waals surface area contributed by atoms with Crippen molar-refractivity contribution in [2.75, 3.05) is 0 Å². The monoisotopic (exact) mass is 284 g/mol. The van der Waals surface area contributed by atoms with Crippen molar-refractivity contribution in [2.45, 2.75) is 26.9 Å². The van der Waals surface area contributed by atoms with E-state index in [0.717, 1.165) is 11.5 Å². The normalized spacial score (nSPS) is 27.9. The van der Waals surface area contributed by atoms with Gasteiger partial charge in [-0.05, 0) is 35.8 Å². The second-order valence-corrected chi connectivity index (χ2v) is 6.67. The summed E-state index contributed by atoms with van der Waals surface area (Å²) in [5, 5.41) is 0. The minimum absolute atomic E-state index is 0.0428. The van der Waals surface area contributed by atoms with Crippen molar-refractivity contribution < 1.29 is 14.3 Å². The van der Waals surface area contributed by atoms with E-state index in [1.54, 1.807) is 0 Å². The van der Waals surface area contributed by atoms with Gasteiger partial charge in [0.2, 0.25) is 0 Å². The molecule has 1 fully saturated rings. The molecule has 1 aliphatic heterocycles. The van der Waals surface area contributed by atoms with Gasteiger partial charge >= 0.3 is 5.97 Å². The summed E-state index contributed by atoms with van der Waals surface area (Å²) in [4.78, 5) is 12.1. The second-order valence-electron chi connectivity index (χ2n) is 6.67. The number of carbonyl (C=O) groups excluding carboxylic acids is 1. The van der Waals surface area contributed by atoms with Crippen LogP contribution in [0, 0.1) is 17.3 Å². The van der Waals surface area contributed by atoms with Crippen LogP contribution in [0.5, 0.6) is 5.75 Å². The van der Waals surface area contributed by atoms with Crippen molar-refractivity contribution in [1.82, 2.24) is 0 Å². The van der Waals surface area contributed by atoms with Gasteiger partial charge in [0.1, 0.15) is 17.6 Å². The number of para-hydroxylation sites is 1. The lowest BCUT2D eigenvalue weighted by Gasteiger charge is -2.29. The summed E-state index contributed by atoms with van der Waals surface area (Å²) in [6.07, 6.45) is 5.67. The van der Waals surface area contributed by atoms with Gasteiger partial charge < -0.3 is 9.47 Å². The zero-order valence-corrected chi connectivity index (χ0v) is 12.6. The van der Waals surface area contributed by atoms with Crippen LogP contribution in [0.25, 0.3) is 0 Å². The van der Waals surface area contributed by atoms with E-state index < -0.39 is 0 Å². The molecule has 3 rings (SSSR count). The number of ether oxygens (including phenoxy) is 2. The molecule has 3 unspecified atom stereocenters. The number of allylic oxidation sites excluding steroid dienone is 1. The van der Waals surface area contributed by atoms with Crippen molar-refractivity contribution in [3.8, 4) is 5.75 Å². The van der Waals surface area contributed by atoms with Crippen molar-refractivity contribution in [3.63, 3.8) is 0 Å². The molecule has 0 radical (unpaired) electrons. The Morgan fingerprint density at radius 1 is 1.14 bits per heavy atom. The lowest BCUT2D eigenvalue weighted by molar-refractivity contribution is -0.145. The van der Waals surface area contributed by atoms with Crippen LogP contribution in [0.4, 0.5) is 0 Å². The third kappa shape index (κ3) is 2.73. The average molecular weight is 284 g/mol. The number of hydrogen-bond donors (Lipinski definition) is 0. The van der Waals surface area contributed by atoms with Gasteiger partial charge in [0.05, 0.1) is 5.92 Å². The van der Waals surface area contributed by atoms with Gasteiger partial charge in [-0.15, -0.1) is 0 Å². The molecule has 1 aromatic carbocycles. The number of benzene rings is 1. The summed E-state index contributed by atoms with van der Waals surface area (Å²) in [5.41, 5.74) is -0.129. The fourth-order valence-corrected chi connectivity index (χ4v) is 3.05. The van der Waals surface area contributed by atoms with Crippen LogP contribution in [-0.2, 0) is 9.53 Å². The Balaban J connectivity index is 1.84. The van der Waals surface area contributed by atoms with Gasteiger partial charge in [-0.2, -0.15) is 0 Å². The molecule has 0 spiro atoms. The Bertz CT molecular complexity index is 593. The van der Waals surface area contributed by atoms with E-state index in [2.05, 4.69) is 20.8 Å². The van der Waals surface area contributed by atoms with Crippen LogP contribution in [0.3, 0.4) is 0 Å². The van der Waals surface area contributed by atoms with Gasteiger partial charge in [0.25, 0.3) is 0 Å². The lowest BCUT2D eigenvalue weighted by Crippen LogP contribution is -2.31. The highest BCUT2D eigenvalue weighted by Crippen LogP contribution is 2.43. The SMILES string of the molecule is CC(C)(C)C1C(=O)OC2C=CC(Oc3ccccc3)=CC21. The first-order valence-corrected chi connectivity index (χ1v) is 7.28. The smallest absolute Gasteiger partial charge is 0.310 e. The third-order valence-corrected chi connectivity index (χ3v) is 3.99. The highest BCUT2D eigenvalue weighted by molar-refractivity contribution is 5.77. The van der Waals surface area contributed by atoms with E-state index in [9.17, 15) is 4.79 Å².